The predicted molar refractivity (Wildman–Crippen MR) is 147 cm³/mol. The molecule has 0 aliphatic heterocycles. The minimum absolute atomic E-state index is 0.0966. The number of Topliss-reactive ketones (excluding diaryl/α,β-unsaturated/α-hetero) is 1. The molecule has 0 saturated heterocycles. The van der Waals surface area contributed by atoms with Gasteiger partial charge in [0.2, 0.25) is 5.41 Å². The highest BCUT2D eigenvalue weighted by molar-refractivity contribution is 6.06. The number of hydrogen-bond donors (Lipinski definition) is 4. The van der Waals surface area contributed by atoms with E-state index in [9.17, 15) is 35.9 Å². The van der Waals surface area contributed by atoms with Crippen molar-refractivity contribution in [2.45, 2.75) is 51.5 Å². The molecule has 0 aliphatic carbocycles. The van der Waals surface area contributed by atoms with Crippen molar-refractivity contribution < 1.29 is 35.9 Å². The fourth-order valence-electron chi connectivity index (χ4n) is 4.44. The standard InChI is InChI=1S/C29H30F6N4O2/c1-15(2)25(40)17-5-7-18(8-6-17)26(41)39-24-12-10-20(14-22(24)37)27(28(30,31)32,29(33,34)35)19-9-11-23(21(36)13-19)38-16(3)4/h5-16,38H,36-37H2,1-4H3,(H,39,41). The van der Waals surface area contributed by atoms with Crippen molar-refractivity contribution in [2.75, 3.05) is 22.1 Å². The van der Waals surface area contributed by atoms with Gasteiger partial charge in [-0.2, -0.15) is 26.3 Å². The van der Waals surface area contributed by atoms with Crippen LogP contribution >= 0.6 is 0 Å². The van der Waals surface area contributed by atoms with Crippen LogP contribution in [0.2, 0.25) is 0 Å². The van der Waals surface area contributed by atoms with E-state index in [0.717, 1.165) is 18.2 Å². The van der Waals surface area contributed by atoms with E-state index >= 15 is 0 Å². The molecule has 6 nitrogen and oxygen atoms in total. The molecule has 0 bridgehead atoms. The highest BCUT2D eigenvalue weighted by atomic mass is 19.4. The van der Waals surface area contributed by atoms with Crippen LogP contribution in [0.15, 0.2) is 60.7 Å². The predicted octanol–water partition coefficient (Wildman–Crippen LogP) is 7.17. The summed E-state index contributed by atoms with van der Waals surface area (Å²) in [6, 6.07) is 9.92. The van der Waals surface area contributed by atoms with Crippen molar-refractivity contribution in [1.82, 2.24) is 0 Å². The second kappa shape index (κ2) is 11.3. The summed E-state index contributed by atoms with van der Waals surface area (Å²) >= 11 is 0. The number of halogens is 6. The Kier molecular flexibility index (Phi) is 8.66. The molecule has 220 valence electrons. The summed E-state index contributed by atoms with van der Waals surface area (Å²) in [4.78, 5) is 24.8. The quantitative estimate of drug-likeness (QED) is 0.128. The Labute approximate surface area is 233 Å². The molecule has 0 atom stereocenters. The van der Waals surface area contributed by atoms with Crippen molar-refractivity contribution >= 4 is 34.4 Å². The smallest absolute Gasteiger partial charge is 0.397 e. The molecule has 0 aliphatic rings. The molecule has 1 amide bonds. The van der Waals surface area contributed by atoms with E-state index in [2.05, 4.69) is 10.6 Å². The van der Waals surface area contributed by atoms with E-state index in [4.69, 9.17) is 11.5 Å². The maximum Gasteiger partial charge on any atom is 0.411 e. The van der Waals surface area contributed by atoms with Crippen LogP contribution in [-0.4, -0.2) is 30.1 Å². The van der Waals surface area contributed by atoms with E-state index in [1.54, 1.807) is 27.7 Å². The molecule has 3 aromatic carbocycles. The summed E-state index contributed by atoms with van der Waals surface area (Å²) in [6.45, 7) is 6.90. The summed E-state index contributed by atoms with van der Waals surface area (Å²) in [6.07, 6.45) is -11.7. The Hall–Kier alpha value is -4.22. The number of nitrogens with two attached hydrogens (primary N) is 2. The van der Waals surface area contributed by atoms with Crippen LogP contribution in [0.25, 0.3) is 0 Å². The molecule has 0 spiro atoms. The highest BCUT2D eigenvalue weighted by Gasteiger charge is 2.72. The third-order valence-corrected chi connectivity index (χ3v) is 6.47. The molecule has 3 aromatic rings. The summed E-state index contributed by atoms with van der Waals surface area (Å²) in [5.74, 6) is -1.13. The lowest BCUT2D eigenvalue weighted by molar-refractivity contribution is -0.288. The van der Waals surface area contributed by atoms with E-state index in [0.29, 0.717) is 23.8 Å². The minimum atomic E-state index is -5.85. The lowest BCUT2D eigenvalue weighted by Gasteiger charge is -2.38. The van der Waals surface area contributed by atoms with Gasteiger partial charge in [-0.15, -0.1) is 0 Å². The minimum Gasteiger partial charge on any atom is -0.397 e. The number of ketones is 1. The Morgan fingerprint density at radius 3 is 1.51 bits per heavy atom. The maximum absolute atomic E-state index is 14.6. The normalized spacial score (nSPS) is 12.5. The molecular formula is C29H30F6N4O2. The molecule has 0 fully saturated rings. The number of rotatable bonds is 8. The monoisotopic (exact) mass is 580 g/mol. The Morgan fingerprint density at radius 1 is 0.683 bits per heavy atom. The average molecular weight is 581 g/mol. The molecule has 0 unspecified atom stereocenters. The largest absolute Gasteiger partial charge is 0.411 e. The van der Waals surface area contributed by atoms with Gasteiger partial charge >= 0.3 is 12.4 Å². The van der Waals surface area contributed by atoms with Gasteiger partial charge in [-0.1, -0.05) is 38.1 Å². The van der Waals surface area contributed by atoms with E-state index in [1.165, 1.54) is 24.3 Å². The average Bonchev–Trinajstić information content (AvgIpc) is 2.85. The van der Waals surface area contributed by atoms with E-state index in [-0.39, 0.29) is 40.4 Å². The third kappa shape index (κ3) is 6.10. The first-order chi connectivity index (χ1) is 18.9. The summed E-state index contributed by atoms with van der Waals surface area (Å²) in [7, 11) is 0. The molecule has 12 heteroatoms. The summed E-state index contributed by atoms with van der Waals surface area (Å²) in [5, 5.41) is 5.26. The lowest BCUT2D eigenvalue weighted by Crippen LogP contribution is -2.54. The Morgan fingerprint density at radius 2 is 1.12 bits per heavy atom. The second-order valence-corrected chi connectivity index (χ2v) is 10.2. The zero-order valence-electron chi connectivity index (χ0n) is 22.7. The molecule has 6 N–H and O–H groups in total. The number of nitrogen functional groups attached to an aromatic ring is 2. The molecule has 0 saturated carbocycles. The van der Waals surface area contributed by atoms with Gasteiger partial charge in [0.15, 0.2) is 5.78 Å². The van der Waals surface area contributed by atoms with Crippen molar-refractivity contribution in [3.8, 4) is 0 Å². The van der Waals surface area contributed by atoms with E-state index < -0.39 is 40.5 Å². The number of nitrogens with one attached hydrogen (secondary N) is 2. The lowest BCUT2D eigenvalue weighted by atomic mass is 9.72. The molecule has 41 heavy (non-hydrogen) atoms. The SMILES string of the molecule is CC(C)Nc1ccc(C(c2ccc(NC(=O)c3ccc(C(=O)C(C)C)cc3)c(N)c2)(C(F)(F)F)C(F)(F)F)cc1N. The van der Waals surface area contributed by atoms with E-state index in [1.807, 2.05) is 0 Å². The van der Waals surface area contributed by atoms with Crippen LogP contribution in [0.3, 0.4) is 0 Å². The summed E-state index contributed by atoms with van der Waals surface area (Å²) in [5.41, 5.74) is 4.56. The van der Waals surface area contributed by atoms with Crippen molar-refractivity contribution in [2.24, 2.45) is 5.92 Å². The molecule has 3 rings (SSSR count). The van der Waals surface area contributed by atoms with Crippen LogP contribution in [0, 0.1) is 5.92 Å². The van der Waals surface area contributed by atoms with Gasteiger partial charge in [-0.3, -0.25) is 9.59 Å². The first-order valence-electron chi connectivity index (χ1n) is 12.6. The van der Waals surface area contributed by atoms with Gasteiger partial charge in [-0.05, 0) is 61.4 Å². The third-order valence-electron chi connectivity index (χ3n) is 6.47. The molecule has 0 heterocycles. The van der Waals surface area contributed by atoms with Gasteiger partial charge < -0.3 is 22.1 Å². The number of benzene rings is 3. The highest BCUT2D eigenvalue weighted by Crippen LogP contribution is 2.57. The van der Waals surface area contributed by atoms with Crippen LogP contribution in [0.1, 0.15) is 59.5 Å². The second-order valence-electron chi connectivity index (χ2n) is 10.2. The fourth-order valence-corrected chi connectivity index (χ4v) is 4.44. The van der Waals surface area contributed by atoms with Gasteiger partial charge in [0, 0.05) is 23.1 Å². The number of hydrogen-bond acceptors (Lipinski definition) is 5. The molecular weight excluding hydrogens is 550 g/mol. The van der Waals surface area contributed by atoms with Crippen molar-refractivity contribution in [1.29, 1.82) is 0 Å². The number of carbonyl (C=O) groups excluding carboxylic acids is 2. The Balaban J connectivity index is 2.05. The molecule has 0 radical (unpaired) electrons. The van der Waals surface area contributed by atoms with Crippen LogP contribution in [0.4, 0.5) is 49.1 Å². The summed E-state index contributed by atoms with van der Waals surface area (Å²) < 4.78 is 87.5. The van der Waals surface area contributed by atoms with Crippen molar-refractivity contribution in [3.63, 3.8) is 0 Å². The maximum atomic E-state index is 14.6. The topological polar surface area (TPSA) is 110 Å². The zero-order chi connectivity index (χ0) is 30.9. The number of anilines is 4. The number of alkyl halides is 6. The first kappa shape index (κ1) is 31.3. The first-order valence-corrected chi connectivity index (χ1v) is 12.6. The van der Waals surface area contributed by atoms with Gasteiger partial charge in [0.1, 0.15) is 0 Å². The van der Waals surface area contributed by atoms with Crippen LogP contribution in [-0.2, 0) is 5.41 Å². The number of amides is 1. The van der Waals surface area contributed by atoms with Gasteiger partial charge in [-0.25, -0.2) is 0 Å². The Bertz CT molecular complexity index is 1420. The fraction of sp³-hybridized carbons (Fsp3) is 0.310. The zero-order valence-corrected chi connectivity index (χ0v) is 22.7. The number of carbonyl (C=O) groups is 2. The van der Waals surface area contributed by atoms with Gasteiger partial charge in [0.25, 0.3) is 5.91 Å². The molecule has 0 aromatic heterocycles. The van der Waals surface area contributed by atoms with Crippen LogP contribution < -0.4 is 22.1 Å². The van der Waals surface area contributed by atoms with Crippen LogP contribution in [0.5, 0.6) is 0 Å². The van der Waals surface area contributed by atoms with Crippen molar-refractivity contribution in [3.05, 3.63) is 82.9 Å². The van der Waals surface area contributed by atoms with Gasteiger partial charge in [0.05, 0.1) is 22.7 Å².